The summed E-state index contributed by atoms with van der Waals surface area (Å²) >= 11 is 0. The van der Waals surface area contributed by atoms with Gasteiger partial charge in [-0.25, -0.2) is 0 Å². The first kappa shape index (κ1) is 28.0. The molecule has 3 saturated heterocycles. The smallest absolute Gasteiger partial charge is 0.332 e. The molecule has 0 saturated carbocycles. The van der Waals surface area contributed by atoms with Crippen LogP contribution in [-0.4, -0.2) is 59.5 Å². The Kier molecular flexibility index (Phi) is 8.95. The van der Waals surface area contributed by atoms with Crippen molar-refractivity contribution >= 4 is 8.60 Å². The van der Waals surface area contributed by atoms with Crippen molar-refractivity contribution in [3.8, 4) is 0 Å². The molecule has 6 nitrogen and oxygen atoms in total. The van der Waals surface area contributed by atoms with E-state index in [1.54, 1.807) is 0 Å². The average Bonchev–Trinajstić information content (AvgIpc) is 2.93. The van der Waals surface area contributed by atoms with Crippen LogP contribution < -0.4 is 0 Å². The molecule has 0 radical (unpaired) electrons. The Morgan fingerprint density at radius 1 is 0.450 bits per heavy atom. The summed E-state index contributed by atoms with van der Waals surface area (Å²) in [6.07, 6.45) is 2.73. The fraction of sp³-hybridized carbons (Fsp3) is 0.455. The maximum absolute atomic E-state index is 6.51. The minimum absolute atomic E-state index is 0.0583. The van der Waals surface area contributed by atoms with E-state index in [1.807, 2.05) is 0 Å². The molecule has 7 heteroatoms. The second kappa shape index (κ2) is 12.8. The van der Waals surface area contributed by atoms with Crippen molar-refractivity contribution in [2.75, 3.05) is 59.5 Å². The van der Waals surface area contributed by atoms with E-state index in [-0.39, 0.29) is 16.2 Å². The lowest BCUT2D eigenvalue weighted by Gasteiger charge is -2.44. The first-order valence-corrected chi connectivity index (χ1v) is 15.3. The van der Waals surface area contributed by atoms with Gasteiger partial charge in [-0.1, -0.05) is 91.0 Å². The van der Waals surface area contributed by atoms with Crippen LogP contribution in [0.25, 0.3) is 0 Å². The largest absolute Gasteiger partial charge is 0.380 e. The van der Waals surface area contributed by atoms with E-state index in [1.165, 1.54) is 16.7 Å². The Hall–Kier alpha value is -2.15. The monoisotopic (exact) mass is 562 g/mol. The molecular weight excluding hydrogens is 523 g/mol. The van der Waals surface area contributed by atoms with Gasteiger partial charge in [0.25, 0.3) is 0 Å². The second-order valence-electron chi connectivity index (χ2n) is 12.0. The maximum atomic E-state index is 6.51. The van der Waals surface area contributed by atoms with Crippen LogP contribution in [0.4, 0.5) is 0 Å². The van der Waals surface area contributed by atoms with Gasteiger partial charge in [-0.15, -0.1) is 0 Å². The average molecular weight is 563 g/mol. The Morgan fingerprint density at radius 3 is 0.950 bits per heavy atom. The Labute approximate surface area is 238 Å². The summed E-state index contributed by atoms with van der Waals surface area (Å²) in [7, 11) is -1.56. The van der Waals surface area contributed by atoms with Gasteiger partial charge in [-0.2, -0.15) is 0 Å². The second-order valence-corrected chi connectivity index (χ2v) is 13.2. The summed E-state index contributed by atoms with van der Waals surface area (Å²) in [4.78, 5) is 0. The lowest BCUT2D eigenvalue weighted by Crippen LogP contribution is -2.49. The fourth-order valence-corrected chi connectivity index (χ4v) is 7.01. The van der Waals surface area contributed by atoms with Crippen LogP contribution in [-0.2, 0) is 47.0 Å². The molecule has 0 spiro atoms. The van der Waals surface area contributed by atoms with E-state index in [2.05, 4.69) is 91.0 Å². The minimum atomic E-state index is -1.56. The van der Waals surface area contributed by atoms with Crippen molar-refractivity contribution in [3.63, 3.8) is 0 Å². The van der Waals surface area contributed by atoms with E-state index in [4.69, 9.17) is 27.8 Å². The lowest BCUT2D eigenvalue weighted by atomic mass is 9.81. The lowest BCUT2D eigenvalue weighted by molar-refractivity contribution is -0.149. The van der Waals surface area contributed by atoms with E-state index in [0.717, 1.165) is 19.3 Å². The molecule has 3 heterocycles. The third-order valence-corrected chi connectivity index (χ3v) is 9.16. The summed E-state index contributed by atoms with van der Waals surface area (Å²) in [5, 5.41) is 0. The van der Waals surface area contributed by atoms with E-state index in [0.29, 0.717) is 59.5 Å². The molecule has 212 valence electrons. The van der Waals surface area contributed by atoms with Gasteiger partial charge in [-0.3, -0.25) is 0 Å². The van der Waals surface area contributed by atoms with Crippen LogP contribution >= 0.6 is 8.60 Å². The first-order valence-electron chi connectivity index (χ1n) is 14.2. The first-order chi connectivity index (χ1) is 19.6. The standard InChI is InChI=1S/C33H39O6P/c1-4-10-28(11-5-1)16-31(19-34-20-31)25-37-40(38-26-32(21-35-22-32)17-29-12-6-2-7-13-29)39-27-33(23-36-24-33)18-30-14-8-3-9-15-30/h1-15H,16-27H2. The van der Waals surface area contributed by atoms with Gasteiger partial charge in [0.05, 0.1) is 59.5 Å². The van der Waals surface area contributed by atoms with Crippen molar-refractivity contribution in [1.82, 2.24) is 0 Å². The molecule has 0 N–H and O–H groups in total. The van der Waals surface area contributed by atoms with Crippen LogP contribution in [0.15, 0.2) is 91.0 Å². The van der Waals surface area contributed by atoms with Gasteiger partial charge < -0.3 is 27.8 Å². The highest BCUT2D eigenvalue weighted by molar-refractivity contribution is 7.41. The van der Waals surface area contributed by atoms with E-state index < -0.39 is 8.60 Å². The summed E-state index contributed by atoms with van der Waals surface area (Å²) in [6.45, 7) is 5.72. The molecule has 0 bridgehead atoms. The van der Waals surface area contributed by atoms with Crippen molar-refractivity contribution in [2.45, 2.75) is 19.3 Å². The zero-order valence-corrected chi connectivity index (χ0v) is 23.9. The van der Waals surface area contributed by atoms with Gasteiger partial charge in [0, 0.05) is 16.2 Å². The maximum Gasteiger partial charge on any atom is 0.332 e. The fourth-order valence-electron chi connectivity index (χ4n) is 5.65. The molecule has 0 aromatic heterocycles. The molecule has 0 unspecified atom stereocenters. The third kappa shape index (κ3) is 7.00. The van der Waals surface area contributed by atoms with Crippen molar-refractivity contribution < 1.29 is 27.8 Å². The normalized spacial score (nSPS) is 20.3. The molecule has 3 aliphatic heterocycles. The van der Waals surface area contributed by atoms with Crippen molar-refractivity contribution in [2.24, 2.45) is 16.2 Å². The van der Waals surface area contributed by atoms with Crippen LogP contribution in [0.1, 0.15) is 16.7 Å². The Morgan fingerprint density at radius 2 is 0.725 bits per heavy atom. The van der Waals surface area contributed by atoms with E-state index >= 15 is 0 Å². The number of rotatable bonds is 15. The van der Waals surface area contributed by atoms with Crippen LogP contribution in [0, 0.1) is 16.2 Å². The van der Waals surface area contributed by atoms with Crippen molar-refractivity contribution in [3.05, 3.63) is 108 Å². The van der Waals surface area contributed by atoms with Gasteiger partial charge in [0.2, 0.25) is 0 Å². The van der Waals surface area contributed by atoms with Crippen molar-refractivity contribution in [1.29, 1.82) is 0 Å². The predicted octanol–water partition coefficient (Wildman–Crippen LogP) is 6.04. The summed E-state index contributed by atoms with van der Waals surface area (Å²) in [5.74, 6) is 0. The van der Waals surface area contributed by atoms with Crippen LogP contribution in [0.5, 0.6) is 0 Å². The van der Waals surface area contributed by atoms with Gasteiger partial charge >= 0.3 is 8.60 Å². The molecule has 3 fully saturated rings. The van der Waals surface area contributed by atoms with E-state index in [9.17, 15) is 0 Å². The molecule has 3 aromatic rings. The quantitative estimate of drug-likeness (QED) is 0.211. The highest BCUT2D eigenvalue weighted by Crippen LogP contribution is 2.48. The third-order valence-electron chi connectivity index (χ3n) is 8.14. The highest BCUT2D eigenvalue weighted by Gasteiger charge is 2.44. The SMILES string of the molecule is c1ccc(CC2(COP(OCC3(Cc4ccccc4)COC3)OCC3(Cc4ccccc4)COC3)COC2)cc1. The van der Waals surface area contributed by atoms with Crippen LogP contribution in [0.3, 0.4) is 0 Å². The predicted molar refractivity (Wildman–Crippen MR) is 155 cm³/mol. The topological polar surface area (TPSA) is 55.4 Å². The number of benzene rings is 3. The van der Waals surface area contributed by atoms with Gasteiger partial charge in [-0.05, 0) is 36.0 Å². The number of hydrogen-bond acceptors (Lipinski definition) is 6. The number of ether oxygens (including phenoxy) is 3. The minimum Gasteiger partial charge on any atom is -0.380 e. The van der Waals surface area contributed by atoms with Crippen LogP contribution in [0.2, 0.25) is 0 Å². The Bertz CT molecular complexity index is 1030. The molecule has 6 rings (SSSR count). The van der Waals surface area contributed by atoms with Gasteiger partial charge in [0.1, 0.15) is 0 Å². The zero-order valence-electron chi connectivity index (χ0n) is 23.0. The number of hydrogen-bond donors (Lipinski definition) is 0. The Balaban J connectivity index is 1.11. The summed E-state index contributed by atoms with van der Waals surface area (Å²) < 4.78 is 36.5. The molecule has 40 heavy (non-hydrogen) atoms. The molecule has 0 aliphatic carbocycles. The molecule has 3 aliphatic rings. The highest BCUT2D eigenvalue weighted by atomic mass is 31.2. The molecule has 0 atom stereocenters. The summed E-state index contributed by atoms with van der Waals surface area (Å²) in [5.41, 5.74) is 3.71. The van der Waals surface area contributed by atoms with Gasteiger partial charge in [0.15, 0.2) is 0 Å². The molecular formula is C33H39O6P. The summed E-state index contributed by atoms with van der Waals surface area (Å²) in [6, 6.07) is 31.7. The molecule has 3 aromatic carbocycles. The molecule has 0 amide bonds. The zero-order chi connectivity index (χ0) is 27.1.